The molecule has 0 aliphatic carbocycles. The molecule has 1 unspecified atom stereocenters. The van der Waals surface area contributed by atoms with Gasteiger partial charge in [-0.15, -0.1) is 0 Å². The molecule has 1 aromatic heterocycles. The van der Waals surface area contributed by atoms with Gasteiger partial charge in [-0.05, 0) is 41.5 Å². The van der Waals surface area contributed by atoms with Gasteiger partial charge in [0.1, 0.15) is 5.82 Å². The lowest BCUT2D eigenvalue weighted by molar-refractivity contribution is 0.624. The van der Waals surface area contributed by atoms with Crippen LogP contribution < -0.4 is 5.73 Å². The Hall–Kier alpha value is -1.97. The zero-order chi connectivity index (χ0) is 14.1. The highest BCUT2D eigenvalue weighted by Crippen LogP contribution is 2.25. The summed E-state index contributed by atoms with van der Waals surface area (Å²) in [5.74, 6) is -0.456. The fraction of sp³-hybridized carbons (Fsp3) is 0.0625. The highest BCUT2D eigenvalue weighted by Gasteiger charge is 2.11. The summed E-state index contributed by atoms with van der Waals surface area (Å²) in [6.07, 6.45) is 1.75. The number of nitrogens with two attached hydrogens (primary N) is 1. The fourth-order valence-electron chi connectivity index (χ4n) is 2.19. The second-order valence-electron chi connectivity index (χ2n) is 4.61. The van der Waals surface area contributed by atoms with Gasteiger partial charge in [-0.1, -0.05) is 29.8 Å². The topological polar surface area (TPSA) is 38.9 Å². The Bertz CT molecular complexity index is 773. The molecule has 0 aliphatic rings. The molecule has 0 amide bonds. The molecule has 100 valence electrons. The lowest BCUT2D eigenvalue weighted by Crippen LogP contribution is -2.12. The van der Waals surface area contributed by atoms with Crippen molar-refractivity contribution in [3.05, 3.63) is 76.7 Å². The first-order valence-electron chi connectivity index (χ1n) is 6.20. The van der Waals surface area contributed by atoms with Crippen molar-refractivity contribution in [2.75, 3.05) is 0 Å². The molecule has 0 radical (unpaired) electrons. The number of pyridine rings is 1. The fourth-order valence-corrected chi connectivity index (χ4v) is 2.30. The quantitative estimate of drug-likeness (QED) is 0.771. The highest BCUT2D eigenvalue weighted by molar-refractivity contribution is 6.30. The summed E-state index contributed by atoms with van der Waals surface area (Å²) in [4.78, 5) is 4.26. The zero-order valence-electron chi connectivity index (χ0n) is 10.6. The smallest absolute Gasteiger partial charge is 0.142 e. The van der Waals surface area contributed by atoms with Crippen molar-refractivity contribution >= 4 is 22.5 Å². The average molecular weight is 287 g/mol. The number of hydrogen-bond acceptors (Lipinski definition) is 2. The Morgan fingerprint density at radius 3 is 2.60 bits per heavy atom. The molecule has 3 rings (SSSR count). The van der Waals surface area contributed by atoms with E-state index in [1.807, 2.05) is 30.3 Å². The number of rotatable bonds is 2. The first kappa shape index (κ1) is 13.0. The molecule has 1 atom stereocenters. The van der Waals surface area contributed by atoms with E-state index in [-0.39, 0.29) is 5.02 Å². The predicted octanol–water partition coefficient (Wildman–Crippen LogP) is 4.08. The highest BCUT2D eigenvalue weighted by atomic mass is 35.5. The third kappa shape index (κ3) is 2.38. The van der Waals surface area contributed by atoms with E-state index in [2.05, 4.69) is 4.98 Å². The minimum atomic E-state index is -0.456. The minimum absolute atomic E-state index is 0.101. The van der Waals surface area contributed by atoms with E-state index in [1.165, 1.54) is 12.1 Å². The summed E-state index contributed by atoms with van der Waals surface area (Å²) in [7, 11) is 0. The number of benzene rings is 2. The predicted molar refractivity (Wildman–Crippen MR) is 79.2 cm³/mol. The molecule has 0 saturated carbocycles. The molecule has 0 bridgehead atoms. The number of aromatic nitrogens is 1. The summed E-state index contributed by atoms with van der Waals surface area (Å²) < 4.78 is 13.5. The maximum atomic E-state index is 13.5. The lowest BCUT2D eigenvalue weighted by Gasteiger charge is -2.13. The Kier molecular flexibility index (Phi) is 3.38. The van der Waals surface area contributed by atoms with Crippen LogP contribution in [0.4, 0.5) is 4.39 Å². The summed E-state index contributed by atoms with van der Waals surface area (Å²) in [5.41, 5.74) is 8.70. The first-order valence-corrected chi connectivity index (χ1v) is 6.58. The summed E-state index contributed by atoms with van der Waals surface area (Å²) in [6.45, 7) is 0. The first-order chi connectivity index (χ1) is 9.65. The molecule has 1 heterocycles. The van der Waals surface area contributed by atoms with Crippen LogP contribution in [0.15, 0.2) is 54.7 Å². The maximum Gasteiger partial charge on any atom is 0.142 e. The van der Waals surface area contributed by atoms with E-state index in [4.69, 9.17) is 17.3 Å². The number of fused-ring (bicyclic) bond motifs is 1. The third-order valence-corrected chi connectivity index (χ3v) is 3.60. The molecule has 0 spiro atoms. The maximum absolute atomic E-state index is 13.5. The van der Waals surface area contributed by atoms with E-state index >= 15 is 0 Å². The van der Waals surface area contributed by atoms with Crippen molar-refractivity contribution < 1.29 is 4.39 Å². The second kappa shape index (κ2) is 5.19. The molecule has 20 heavy (non-hydrogen) atoms. The summed E-state index contributed by atoms with van der Waals surface area (Å²) in [5, 5.41) is 1.11. The molecule has 2 N–H and O–H groups in total. The van der Waals surface area contributed by atoms with Crippen LogP contribution in [-0.4, -0.2) is 4.98 Å². The molecule has 4 heteroatoms. The van der Waals surface area contributed by atoms with E-state index in [9.17, 15) is 4.39 Å². The van der Waals surface area contributed by atoms with Gasteiger partial charge in [0.05, 0.1) is 16.6 Å². The van der Waals surface area contributed by atoms with E-state index in [1.54, 1.807) is 12.3 Å². The Balaban J connectivity index is 2.02. The molecule has 2 aromatic carbocycles. The molecule has 2 nitrogen and oxygen atoms in total. The largest absolute Gasteiger partial charge is 0.320 e. The third-order valence-electron chi connectivity index (χ3n) is 3.29. The van der Waals surface area contributed by atoms with Crippen molar-refractivity contribution in [2.24, 2.45) is 5.73 Å². The molecular formula is C16H12ClFN2. The van der Waals surface area contributed by atoms with Crippen molar-refractivity contribution in [1.82, 2.24) is 4.98 Å². The Labute approximate surface area is 121 Å². The number of hydrogen-bond donors (Lipinski definition) is 1. The second-order valence-corrected chi connectivity index (χ2v) is 5.01. The van der Waals surface area contributed by atoms with E-state index in [0.29, 0.717) is 5.56 Å². The average Bonchev–Trinajstić information content (AvgIpc) is 2.49. The van der Waals surface area contributed by atoms with Crippen LogP contribution in [-0.2, 0) is 0 Å². The van der Waals surface area contributed by atoms with Gasteiger partial charge >= 0.3 is 0 Å². The minimum Gasteiger partial charge on any atom is -0.320 e. The van der Waals surface area contributed by atoms with Gasteiger partial charge in [0.25, 0.3) is 0 Å². The number of nitrogens with zero attached hydrogens (tertiary/aromatic N) is 1. The van der Waals surface area contributed by atoms with Crippen LogP contribution >= 0.6 is 11.6 Å². The van der Waals surface area contributed by atoms with Gasteiger partial charge in [-0.3, -0.25) is 4.98 Å². The van der Waals surface area contributed by atoms with Crippen LogP contribution in [0.1, 0.15) is 17.2 Å². The van der Waals surface area contributed by atoms with Gasteiger partial charge in [0.2, 0.25) is 0 Å². The van der Waals surface area contributed by atoms with Crippen molar-refractivity contribution in [2.45, 2.75) is 6.04 Å². The van der Waals surface area contributed by atoms with E-state index < -0.39 is 11.9 Å². The van der Waals surface area contributed by atoms with Crippen LogP contribution in [0, 0.1) is 5.82 Å². The molecular weight excluding hydrogens is 275 g/mol. The van der Waals surface area contributed by atoms with Crippen molar-refractivity contribution in [3.8, 4) is 0 Å². The zero-order valence-corrected chi connectivity index (χ0v) is 11.3. The van der Waals surface area contributed by atoms with Crippen LogP contribution in [0.3, 0.4) is 0 Å². The summed E-state index contributed by atoms with van der Waals surface area (Å²) >= 11 is 5.69. The standard InChI is InChI=1S/C16H12ClFN2/c17-13-5-3-12(9-14(13)18)16(19)11-4-6-15-10(8-11)2-1-7-20-15/h1-9,16H,19H2. The van der Waals surface area contributed by atoms with E-state index in [0.717, 1.165) is 16.5 Å². The Morgan fingerprint density at radius 1 is 1.05 bits per heavy atom. The van der Waals surface area contributed by atoms with Gasteiger partial charge < -0.3 is 5.73 Å². The monoisotopic (exact) mass is 286 g/mol. The molecule has 0 fully saturated rings. The van der Waals surface area contributed by atoms with Gasteiger partial charge in [-0.25, -0.2) is 4.39 Å². The van der Waals surface area contributed by atoms with Crippen molar-refractivity contribution in [1.29, 1.82) is 0 Å². The molecule has 0 saturated heterocycles. The van der Waals surface area contributed by atoms with Crippen molar-refractivity contribution in [3.63, 3.8) is 0 Å². The normalized spacial score (nSPS) is 12.6. The lowest BCUT2D eigenvalue weighted by atomic mass is 9.98. The SMILES string of the molecule is NC(c1ccc(Cl)c(F)c1)c1ccc2ncccc2c1. The van der Waals surface area contributed by atoms with Crippen LogP contribution in [0.25, 0.3) is 10.9 Å². The molecule has 0 aliphatic heterocycles. The summed E-state index contributed by atoms with van der Waals surface area (Å²) in [6, 6.07) is 13.9. The number of halogens is 2. The Morgan fingerprint density at radius 2 is 1.80 bits per heavy atom. The van der Waals surface area contributed by atoms with Crippen LogP contribution in [0.2, 0.25) is 5.02 Å². The van der Waals surface area contributed by atoms with Crippen LogP contribution in [0.5, 0.6) is 0 Å². The van der Waals surface area contributed by atoms with Gasteiger partial charge in [0.15, 0.2) is 0 Å². The van der Waals surface area contributed by atoms with Gasteiger partial charge in [-0.2, -0.15) is 0 Å². The molecule has 3 aromatic rings. The van der Waals surface area contributed by atoms with Gasteiger partial charge in [0, 0.05) is 11.6 Å².